The zero-order chi connectivity index (χ0) is 15.5. The number of carbonyl (C=O) groups is 1. The van der Waals surface area contributed by atoms with Gasteiger partial charge in [0.2, 0.25) is 0 Å². The van der Waals surface area contributed by atoms with E-state index in [2.05, 4.69) is 10.3 Å². The molecule has 0 saturated carbocycles. The molecular weight excluding hydrogens is 276 g/mol. The molecule has 112 valence electrons. The highest BCUT2D eigenvalue weighted by molar-refractivity contribution is 5.85. The minimum Gasteiger partial charge on any atom is -0.480 e. The van der Waals surface area contributed by atoms with E-state index in [0.717, 1.165) is 27.7 Å². The van der Waals surface area contributed by atoms with Gasteiger partial charge in [-0.05, 0) is 30.7 Å². The molecule has 2 aromatic carbocycles. The van der Waals surface area contributed by atoms with Crippen LogP contribution in [0.15, 0.2) is 54.7 Å². The largest absolute Gasteiger partial charge is 0.480 e. The fraction of sp³-hybridized carbons (Fsp3) is 0.167. The molecule has 0 saturated heterocycles. The zero-order valence-corrected chi connectivity index (χ0v) is 12.3. The van der Waals surface area contributed by atoms with Gasteiger partial charge >= 0.3 is 5.97 Å². The van der Waals surface area contributed by atoms with Crippen LogP contribution in [0.3, 0.4) is 0 Å². The Morgan fingerprint density at radius 3 is 2.64 bits per heavy atom. The normalized spacial score (nSPS) is 12.2. The van der Waals surface area contributed by atoms with Crippen molar-refractivity contribution < 1.29 is 9.90 Å². The van der Waals surface area contributed by atoms with Crippen molar-refractivity contribution in [3.8, 4) is 0 Å². The summed E-state index contributed by atoms with van der Waals surface area (Å²) in [5.41, 5.74) is 3.99. The Hall–Kier alpha value is -2.75. The first kappa shape index (κ1) is 14.2. The van der Waals surface area contributed by atoms with Crippen molar-refractivity contribution in [2.24, 2.45) is 0 Å². The van der Waals surface area contributed by atoms with Crippen LogP contribution >= 0.6 is 0 Å². The lowest BCUT2D eigenvalue weighted by atomic mass is 10.0. The average Bonchev–Trinajstić information content (AvgIpc) is 2.92. The van der Waals surface area contributed by atoms with Crippen LogP contribution in [0.25, 0.3) is 10.9 Å². The third-order valence-corrected chi connectivity index (χ3v) is 3.79. The molecule has 22 heavy (non-hydrogen) atoms. The first-order valence-corrected chi connectivity index (χ1v) is 7.24. The number of carboxylic acids is 1. The summed E-state index contributed by atoms with van der Waals surface area (Å²) in [6.45, 7) is 2.00. The van der Waals surface area contributed by atoms with Crippen molar-refractivity contribution in [1.29, 1.82) is 0 Å². The topological polar surface area (TPSA) is 65.1 Å². The summed E-state index contributed by atoms with van der Waals surface area (Å²) in [7, 11) is 0. The second-order valence-electron chi connectivity index (χ2n) is 5.46. The predicted octanol–water partition coefficient (Wildman–Crippen LogP) is 3.58. The third kappa shape index (κ3) is 2.96. The van der Waals surface area contributed by atoms with Gasteiger partial charge in [-0.1, -0.05) is 35.9 Å². The molecule has 0 aliphatic rings. The van der Waals surface area contributed by atoms with Gasteiger partial charge in [-0.15, -0.1) is 0 Å². The molecular formula is C18H18N2O2. The first-order chi connectivity index (χ1) is 10.6. The van der Waals surface area contributed by atoms with Gasteiger partial charge in [0.25, 0.3) is 0 Å². The fourth-order valence-corrected chi connectivity index (χ4v) is 2.57. The number of aromatic amines is 1. The molecule has 1 heterocycles. The summed E-state index contributed by atoms with van der Waals surface area (Å²) in [5, 5.41) is 13.7. The summed E-state index contributed by atoms with van der Waals surface area (Å²) in [5.74, 6) is -0.856. The van der Waals surface area contributed by atoms with Crippen LogP contribution in [0, 0.1) is 6.92 Å². The van der Waals surface area contributed by atoms with Crippen molar-refractivity contribution in [2.75, 3.05) is 5.32 Å². The van der Waals surface area contributed by atoms with E-state index in [0.29, 0.717) is 6.42 Å². The number of aryl methyl sites for hydroxylation is 1. The van der Waals surface area contributed by atoms with Crippen molar-refractivity contribution in [3.63, 3.8) is 0 Å². The number of aliphatic carboxylic acids is 1. The van der Waals surface area contributed by atoms with E-state index in [4.69, 9.17) is 0 Å². The lowest BCUT2D eigenvalue weighted by molar-refractivity contribution is -0.137. The molecule has 3 aromatic rings. The summed E-state index contributed by atoms with van der Waals surface area (Å²) in [6, 6.07) is 15.0. The van der Waals surface area contributed by atoms with Crippen LogP contribution in [-0.2, 0) is 11.2 Å². The van der Waals surface area contributed by atoms with Gasteiger partial charge in [0.1, 0.15) is 6.04 Å². The standard InChI is InChI=1S/C18H18N2O2/c1-12-6-8-14(9-7-12)20-17(18(21)22)10-13-11-19-16-5-3-2-4-15(13)16/h2-9,11,17,19-20H,10H2,1H3,(H,21,22)/t17-/m0/s1. The molecule has 0 fully saturated rings. The highest BCUT2D eigenvalue weighted by Crippen LogP contribution is 2.20. The van der Waals surface area contributed by atoms with Crippen LogP contribution in [0.5, 0.6) is 0 Å². The van der Waals surface area contributed by atoms with Crippen molar-refractivity contribution in [3.05, 3.63) is 65.9 Å². The SMILES string of the molecule is Cc1ccc(N[C@@H](Cc2c[nH]c3ccccc23)C(=O)O)cc1. The Balaban J connectivity index is 1.82. The monoisotopic (exact) mass is 294 g/mol. The number of para-hydroxylation sites is 1. The number of hydrogen-bond acceptors (Lipinski definition) is 2. The summed E-state index contributed by atoms with van der Waals surface area (Å²) < 4.78 is 0. The zero-order valence-electron chi connectivity index (χ0n) is 12.3. The molecule has 0 aliphatic carbocycles. The molecule has 4 nitrogen and oxygen atoms in total. The number of hydrogen-bond donors (Lipinski definition) is 3. The molecule has 4 heteroatoms. The Labute approximate surface area is 128 Å². The molecule has 1 atom stereocenters. The van der Waals surface area contributed by atoms with Crippen LogP contribution in [0.4, 0.5) is 5.69 Å². The minimum atomic E-state index is -0.856. The number of aromatic nitrogens is 1. The quantitative estimate of drug-likeness (QED) is 0.674. The number of fused-ring (bicyclic) bond motifs is 1. The summed E-state index contributed by atoms with van der Waals surface area (Å²) >= 11 is 0. The molecule has 3 N–H and O–H groups in total. The average molecular weight is 294 g/mol. The molecule has 0 amide bonds. The van der Waals surface area contributed by atoms with Gasteiger partial charge in [-0.2, -0.15) is 0 Å². The van der Waals surface area contributed by atoms with Gasteiger partial charge < -0.3 is 15.4 Å². The molecule has 0 spiro atoms. The molecule has 0 aliphatic heterocycles. The summed E-state index contributed by atoms with van der Waals surface area (Å²) in [4.78, 5) is 14.7. The Morgan fingerprint density at radius 2 is 1.91 bits per heavy atom. The number of benzene rings is 2. The molecule has 0 radical (unpaired) electrons. The third-order valence-electron chi connectivity index (χ3n) is 3.79. The first-order valence-electron chi connectivity index (χ1n) is 7.24. The molecule has 1 aromatic heterocycles. The number of anilines is 1. The Kier molecular flexibility index (Phi) is 3.83. The second kappa shape index (κ2) is 5.93. The van der Waals surface area contributed by atoms with E-state index in [1.807, 2.05) is 61.7 Å². The van der Waals surface area contributed by atoms with Crippen LogP contribution in [-0.4, -0.2) is 22.1 Å². The predicted molar refractivity (Wildman–Crippen MR) is 88.2 cm³/mol. The summed E-state index contributed by atoms with van der Waals surface area (Å²) in [6.07, 6.45) is 2.31. The van der Waals surface area contributed by atoms with Gasteiger partial charge in [-0.25, -0.2) is 4.79 Å². The lowest BCUT2D eigenvalue weighted by Gasteiger charge is -2.15. The molecule has 0 bridgehead atoms. The fourth-order valence-electron chi connectivity index (χ4n) is 2.57. The van der Waals surface area contributed by atoms with E-state index < -0.39 is 12.0 Å². The number of nitrogens with one attached hydrogen (secondary N) is 2. The number of H-pyrrole nitrogens is 1. The van der Waals surface area contributed by atoms with Gasteiger partial charge in [0, 0.05) is 29.2 Å². The van der Waals surface area contributed by atoms with E-state index in [1.54, 1.807) is 0 Å². The van der Waals surface area contributed by atoms with E-state index in [-0.39, 0.29) is 0 Å². The number of carboxylic acid groups (broad SMARTS) is 1. The molecule has 3 rings (SSSR count). The maximum Gasteiger partial charge on any atom is 0.326 e. The van der Waals surface area contributed by atoms with Gasteiger partial charge in [0.05, 0.1) is 0 Å². The van der Waals surface area contributed by atoms with Crippen LogP contribution in [0.1, 0.15) is 11.1 Å². The maximum atomic E-state index is 11.6. The van der Waals surface area contributed by atoms with Crippen LogP contribution in [0.2, 0.25) is 0 Å². The minimum absolute atomic E-state index is 0.424. The lowest BCUT2D eigenvalue weighted by Crippen LogP contribution is -2.31. The van der Waals surface area contributed by atoms with Crippen molar-refractivity contribution >= 4 is 22.6 Å². The second-order valence-corrected chi connectivity index (χ2v) is 5.46. The Bertz CT molecular complexity index is 790. The molecule has 0 unspecified atom stereocenters. The van der Waals surface area contributed by atoms with E-state index in [1.165, 1.54) is 0 Å². The van der Waals surface area contributed by atoms with E-state index in [9.17, 15) is 9.90 Å². The van der Waals surface area contributed by atoms with Crippen molar-refractivity contribution in [2.45, 2.75) is 19.4 Å². The maximum absolute atomic E-state index is 11.6. The van der Waals surface area contributed by atoms with Crippen LogP contribution < -0.4 is 5.32 Å². The van der Waals surface area contributed by atoms with Gasteiger partial charge in [0.15, 0.2) is 0 Å². The Morgan fingerprint density at radius 1 is 1.18 bits per heavy atom. The number of rotatable bonds is 5. The smallest absolute Gasteiger partial charge is 0.326 e. The van der Waals surface area contributed by atoms with E-state index >= 15 is 0 Å². The van der Waals surface area contributed by atoms with Crippen molar-refractivity contribution in [1.82, 2.24) is 4.98 Å². The van der Waals surface area contributed by atoms with Gasteiger partial charge in [-0.3, -0.25) is 0 Å². The highest BCUT2D eigenvalue weighted by atomic mass is 16.4. The highest BCUT2D eigenvalue weighted by Gasteiger charge is 2.19.